The molecule has 0 saturated heterocycles. The number of hydrogen-bond donors (Lipinski definition) is 1. The predicted octanol–water partition coefficient (Wildman–Crippen LogP) is 3.54. The molecule has 0 saturated carbocycles. The molecule has 6 nitrogen and oxygen atoms in total. The number of halogens is 2. The van der Waals surface area contributed by atoms with E-state index in [1.807, 2.05) is 43.1 Å². The van der Waals surface area contributed by atoms with Gasteiger partial charge >= 0.3 is 0 Å². The lowest BCUT2D eigenvalue weighted by Crippen LogP contribution is -2.43. The van der Waals surface area contributed by atoms with Crippen LogP contribution in [0, 0.1) is 18.6 Å². The Bertz CT molecular complexity index is 951. The highest BCUT2D eigenvalue weighted by Gasteiger charge is 2.34. The van der Waals surface area contributed by atoms with Gasteiger partial charge < -0.3 is 14.7 Å². The van der Waals surface area contributed by atoms with Crippen LogP contribution in [0.25, 0.3) is 0 Å². The summed E-state index contributed by atoms with van der Waals surface area (Å²) in [5.74, 6) is -0.637. The largest absolute Gasteiger partial charge is 0.494 e. The van der Waals surface area contributed by atoms with Gasteiger partial charge in [-0.25, -0.2) is 18.4 Å². The van der Waals surface area contributed by atoms with Crippen LogP contribution in [0.2, 0.25) is 0 Å². The number of benzene rings is 2. The predicted molar refractivity (Wildman–Crippen MR) is 114 cm³/mol. The monoisotopic (exact) mass is 430 g/mol. The average molecular weight is 430 g/mol. The first-order valence-corrected chi connectivity index (χ1v) is 10.2. The standard InChI is InChI=1S/C23H28F2N4O2/c1-18-5-8-20(9-6-18)31-12-4-3-11-28(2)14-23(30,15-29-17-26-16-27-29)21-10-7-19(24)13-22(21)25/h5-10,13,16-17,30H,3-4,11-12,14-15H2,1-2H3. The van der Waals surface area contributed by atoms with Crippen LogP contribution in [0.15, 0.2) is 55.1 Å². The molecule has 2 aromatic carbocycles. The second-order valence-electron chi connectivity index (χ2n) is 7.86. The van der Waals surface area contributed by atoms with Crippen LogP contribution >= 0.6 is 0 Å². The second kappa shape index (κ2) is 10.5. The van der Waals surface area contributed by atoms with Crippen molar-refractivity contribution in [3.05, 3.63) is 77.9 Å². The Morgan fingerprint density at radius 1 is 1.13 bits per heavy atom. The first-order valence-electron chi connectivity index (χ1n) is 10.2. The molecular formula is C23H28F2N4O2. The summed E-state index contributed by atoms with van der Waals surface area (Å²) in [6, 6.07) is 11.1. The number of ether oxygens (including phenoxy) is 1. The summed E-state index contributed by atoms with van der Waals surface area (Å²) < 4.78 is 35.0. The summed E-state index contributed by atoms with van der Waals surface area (Å²) in [6.45, 7) is 3.44. The molecule has 0 amide bonds. The summed E-state index contributed by atoms with van der Waals surface area (Å²) >= 11 is 0. The van der Waals surface area contributed by atoms with Crippen molar-refractivity contribution in [2.75, 3.05) is 26.7 Å². The number of aliphatic hydroxyl groups is 1. The number of aryl methyl sites for hydroxylation is 1. The van der Waals surface area contributed by atoms with E-state index in [0.29, 0.717) is 13.2 Å². The van der Waals surface area contributed by atoms with Gasteiger partial charge in [-0.1, -0.05) is 23.8 Å². The smallest absolute Gasteiger partial charge is 0.137 e. The Labute approximate surface area is 181 Å². The Morgan fingerprint density at radius 2 is 1.90 bits per heavy atom. The minimum Gasteiger partial charge on any atom is -0.494 e. The molecule has 8 heteroatoms. The molecule has 31 heavy (non-hydrogen) atoms. The number of likely N-dealkylation sites (N-methyl/N-ethyl adjacent to an activating group) is 1. The summed E-state index contributed by atoms with van der Waals surface area (Å²) in [7, 11) is 1.86. The number of hydrogen-bond acceptors (Lipinski definition) is 5. The van der Waals surface area contributed by atoms with Crippen molar-refractivity contribution in [1.29, 1.82) is 0 Å². The first kappa shape index (κ1) is 22.8. The van der Waals surface area contributed by atoms with E-state index < -0.39 is 17.2 Å². The molecule has 1 aromatic heterocycles. The molecule has 1 unspecified atom stereocenters. The Kier molecular flexibility index (Phi) is 7.70. The fourth-order valence-electron chi connectivity index (χ4n) is 3.50. The maximum atomic E-state index is 14.5. The second-order valence-corrected chi connectivity index (χ2v) is 7.86. The van der Waals surface area contributed by atoms with Gasteiger partial charge in [0.05, 0.1) is 13.2 Å². The SMILES string of the molecule is Cc1ccc(OCCCCN(C)CC(O)(Cn2cncn2)c2ccc(F)cc2F)cc1. The fourth-order valence-corrected chi connectivity index (χ4v) is 3.50. The highest BCUT2D eigenvalue weighted by molar-refractivity contribution is 5.26. The van der Waals surface area contributed by atoms with E-state index in [-0.39, 0.29) is 18.7 Å². The summed E-state index contributed by atoms with van der Waals surface area (Å²) in [5.41, 5.74) is -0.387. The third kappa shape index (κ3) is 6.57. The van der Waals surface area contributed by atoms with E-state index in [9.17, 15) is 13.9 Å². The molecule has 0 aliphatic rings. The molecule has 1 atom stereocenters. The van der Waals surface area contributed by atoms with Crippen molar-refractivity contribution in [2.45, 2.75) is 31.9 Å². The van der Waals surface area contributed by atoms with Crippen molar-refractivity contribution in [2.24, 2.45) is 0 Å². The van der Waals surface area contributed by atoms with Gasteiger partial charge in [-0.3, -0.25) is 0 Å². The minimum absolute atomic E-state index is 0.00354. The van der Waals surface area contributed by atoms with E-state index in [0.717, 1.165) is 30.7 Å². The molecule has 3 rings (SSSR count). The van der Waals surface area contributed by atoms with Crippen molar-refractivity contribution >= 4 is 0 Å². The van der Waals surface area contributed by atoms with Gasteiger partial charge in [-0.05, 0) is 51.6 Å². The number of unbranched alkanes of at least 4 members (excludes halogenated alkanes) is 1. The van der Waals surface area contributed by atoms with Gasteiger partial charge in [0.15, 0.2) is 0 Å². The van der Waals surface area contributed by atoms with E-state index in [2.05, 4.69) is 10.1 Å². The van der Waals surface area contributed by atoms with Gasteiger partial charge in [-0.15, -0.1) is 0 Å². The van der Waals surface area contributed by atoms with Gasteiger partial charge in [-0.2, -0.15) is 5.10 Å². The lowest BCUT2D eigenvalue weighted by Gasteiger charge is -2.33. The Morgan fingerprint density at radius 3 is 2.58 bits per heavy atom. The molecule has 1 heterocycles. The molecule has 166 valence electrons. The van der Waals surface area contributed by atoms with Crippen LogP contribution in [0.4, 0.5) is 8.78 Å². The number of aromatic nitrogens is 3. The molecule has 1 N–H and O–H groups in total. The topological polar surface area (TPSA) is 63.4 Å². The zero-order valence-electron chi connectivity index (χ0n) is 17.8. The molecule has 3 aromatic rings. The molecule has 0 aliphatic carbocycles. The van der Waals surface area contributed by atoms with Crippen LogP contribution < -0.4 is 4.74 Å². The van der Waals surface area contributed by atoms with Gasteiger partial charge in [0.25, 0.3) is 0 Å². The Hall–Kier alpha value is -2.84. The van der Waals surface area contributed by atoms with Gasteiger partial charge in [0.1, 0.15) is 35.6 Å². The lowest BCUT2D eigenvalue weighted by molar-refractivity contribution is -0.0161. The van der Waals surface area contributed by atoms with Crippen LogP contribution in [0.3, 0.4) is 0 Å². The summed E-state index contributed by atoms with van der Waals surface area (Å²) in [4.78, 5) is 5.80. The van der Waals surface area contributed by atoms with E-state index >= 15 is 0 Å². The van der Waals surface area contributed by atoms with Crippen molar-refractivity contribution in [3.8, 4) is 5.75 Å². The van der Waals surface area contributed by atoms with E-state index in [1.165, 1.54) is 29.0 Å². The summed E-state index contributed by atoms with van der Waals surface area (Å²) in [6.07, 6.45) is 4.48. The molecule has 0 radical (unpaired) electrons. The van der Waals surface area contributed by atoms with Crippen molar-refractivity contribution in [1.82, 2.24) is 19.7 Å². The van der Waals surface area contributed by atoms with Crippen molar-refractivity contribution < 1.29 is 18.6 Å². The molecular weight excluding hydrogens is 402 g/mol. The first-order chi connectivity index (χ1) is 14.9. The maximum absolute atomic E-state index is 14.5. The molecule has 0 spiro atoms. The number of rotatable bonds is 11. The van der Waals surface area contributed by atoms with Crippen LogP contribution in [-0.2, 0) is 12.1 Å². The third-order valence-electron chi connectivity index (χ3n) is 5.08. The van der Waals surface area contributed by atoms with Crippen LogP contribution in [0.1, 0.15) is 24.0 Å². The highest BCUT2D eigenvalue weighted by Crippen LogP contribution is 2.27. The molecule has 0 bridgehead atoms. The molecule has 0 fully saturated rings. The fraction of sp³-hybridized carbons (Fsp3) is 0.391. The van der Waals surface area contributed by atoms with Crippen LogP contribution in [0.5, 0.6) is 5.75 Å². The zero-order chi connectivity index (χ0) is 22.3. The lowest BCUT2D eigenvalue weighted by atomic mass is 9.92. The number of nitrogens with zero attached hydrogens (tertiary/aromatic N) is 4. The quantitative estimate of drug-likeness (QED) is 0.472. The zero-order valence-corrected chi connectivity index (χ0v) is 17.8. The van der Waals surface area contributed by atoms with E-state index in [4.69, 9.17) is 4.74 Å². The van der Waals surface area contributed by atoms with E-state index in [1.54, 1.807) is 0 Å². The third-order valence-corrected chi connectivity index (χ3v) is 5.08. The van der Waals surface area contributed by atoms with Crippen molar-refractivity contribution in [3.63, 3.8) is 0 Å². The van der Waals surface area contributed by atoms with Gasteiger partial charge in [0.2, 0.25) is 0 Å². The van der Waals surface area contributed by atoms with Gasteiger partial charge in [0, 0.05) is 18.2 Å². The average Bonchev–Trinajstić information content (AvgIpc) is 3.21. The maximum Gasteiger partial charge on any atom is 0.137 e. The molecule has 0 aliphatic heterocycles. The normalized spacial score (nSPS) is 13.4. The minimum atomic E-state index is -1.60. The summed E-state index contributed by atoms with van der Waals surface area (Å²) in [5, 5.41) is 15.4. The Balaban J connectivity index is 1.56. The highest BCUT2D eigenvalue weighted by atomic mass is 19.1. The van der Waals surface area contributed by atoms with Crippen LogP contribution in [-0.4, -0.2) is 51.5 Å².